The summed E-state index contributed by atoms with van der Waals surface area (Å²) >= 11 is 6.64. The zero-order valence-corrected chi connectivity index (χ0v) is 20.4. The number of hydrogen-bond donors (Lipinski definition) is 2. The lowest BCUT2D eigenvalue weighted by atomic mass is 9.99. The number of nitrogens with zero attached hydrogens (tertiary/aromatic N) is 5. The van der Waals surface area contributed by atoms with E-state index in [1.54, 1.807) is 4.68 Å². The molecule has 4 aromatic rings. The summed E-state index contributed by atoms with van der Waals surface area (Å²) in [4.78, 5) is 17.2. The molecule has 0 aromatic carbocycles. The number of halogens is 1. The molecule has 0 bridgehead atoms. The lowest BCUT2D eigenvalue weighted by molar-refractivity contribution is 0.00706. The number of imidazole rings is 1. The van der Waals surface area contributed by atoms with Gasteiger partial charge < -0.3 is 24.3 Å². The molecule has 11 heteroatoms. The van der Waals surface area contributed by atoms with Crippen LogP contribution < -0.4 is 4.74 Å². The Labute approximate surface area is 211 Å². The van der Waals surface area contributed by atoms with E-state index < -0.39 is 6.10 Å². The zero-order valence-electron chi connectivity index (χ0n) is 19.6. The number of rotatable bonds is 5. The second-order valence-corrected chi connectivity index (χ2v) is 10.2. The van der Waals surface area contributed by atoms with Crippen LogP contribution in [0, 0.1) is 0 Å². The molecule has 2 N–H and O–H groups in total. The first-order valence-electron chi connectivity index (χ1n) is 12.1. The maximum absolute atomic E-state index is 9.94. The van der Waals surface area contributed by atoms with E-state index in [0.717, 1.165) is 35.4 Å². The van der Waals surface area contributed by atoms with Gasteiger partial charge in [-0.25, -0.2) is 4.98 Å². The number of aromatic amines is 1. The molecule has 7 rings (SSSR count). The summed E-state index contributed by atoms with van der Waals surface area (Å²) in [6.07, 6.45) is 6.81. The van der Waals surface area contributed by atoms with E-state index in [0.29, 0.717) is 35.2 Å². The molecular formula is C25H25ClN6O4. The Morgan fingerprint density at radius 3 is 2.92 bits per heavy atom. The number of aliphatic hydroxyl groups excluding tert-OH is 1. The number of aromatic nitrogens is 6. The van der Waals surface area contributed by atoms with E-state index in [2.05, 4.69) is 21.1 Å². The van der Waals surface area contributed by atoms with Crippen LogP contribution in [0.4, 0.5) is 0 Å². The number of aryl methyl sites for hydroxylation is 2. The standard InChI is InChI=1S/C25H25ClN6O4/c1-32-9-15(8-28-32)14-4-12-2-3-13(21(12)27-7-14)5-17-16(26)6-18-24(29-17)31-25(30-18)36-20-11-35-22-19(33)10-34-23(20)22/h4,6-9,13,19-20,22-23,33H,2-3,5,10-11H2,1H3,(H,29,30,31)/t13?,19-,20-,22-,23-/m1/s1. The third-order valence-electron chi connectivity index (χ3n) is 7.35. The monoisotopic (exact) mass is 508 g/mol. The second-order valence-electron chi connectivity index (χ2n) is 9.76. The van der Waals surface area contributed by atoms with E-state index in [9.17, 15) is 5.11 Å². The third kappa shape index (κ3) is 3.76. The number of pyridine rings is 2. The van der Waals surface area contributed by atoms with Crippen molar-refractivity contribution in [3.05, 3.63) is 52.7 Å². The summed E-state index contributed by atoms with van der Waals surface area (Å²) in [6, 6.07) is 4.40. The van der Waals surface area contributed by atoms with Crippen LogP contribution in [0.1, 0.15) is 29.3 Å². The molecule has 2 fully saturated rings. The minimum Gasteiger partial charge on any atom is -0.456 e. The summed E-state index contributed by atoms with van der Waals surface area (Å²) in [5.41, 5.74) is 6.58. The molecule has 1 aliphatic carbocycles. The first-order valence-corrected chi connectivity index (χ1v) is 12.5. The van der Waals surface area contributed by atoms with Crippen molar-refractivity contribution in [1.29, 1.82) is 0 Å². The van der Waals surface area contributed by atoms with Crippen LogP contribution >= 0.6 is 11.6 Å². The zero-order chi connectivity index (χ0) is 24.4. The molecular weight excluding hydrogens is 484 g/mol. The minimum atomic E-state index is -0.626. The van der Waals surface area contributed by atoms with Gasteiger partial charge in [0.2, 0.25) is 0 Å². The molecule has 36 heavy (non-hydrogen) atoms. The van der Waals surface area contributed by atoms with Gasteiger partial charge in [0.25, 0.3) is 6.01 Å². The van der Waals surface area contributed by atoms with Crippen LogP contribution in [0.5, 0.6) is 6.01 Å². The molecule has 186 valence electrons. The SMILES string of the molecule is Cn1cc(-c2cnc3c(c2)CCC3Cc2nc3nc(O[C@@H]4CO[C@H]5[C@@H]4OC[C@H]5O)[nH]c3cc2Cl)cn1. The van der Waals surface area contributed by atoms with Crippen molar-refractivity contribution in [3.63, 3.8) is 0 Å². The summed E-state index contributed by atoms with van der Waals surface area (Å²) in [7, 11) is 1.91. The fraction of sp³-hybridized carbons (Fsp3) is 0.440. The summed E-state index contributed by atoms with van der Waals surface area (Å²) in [6.45, 7) is 0.583. The van der Waals surface area contributed by atoms with Crippen molar-refractivity contribution in [1.82, 2.24) is 29.7 Å². The Hall–Kier alpha value is -3.05. The van der Waals surface area contributed by atoms with Crippen LogP contribution in [-0.4, -0.2) is 72.5 Å². The maximum Gasteiger partial charge on any atom is 0.296 e. The van der Waals surface area contributed by atoms with Crippen LogP contribution in [0.25, 0.3) is 22.3 Å². The second kappa shape index (κ2) is 8.52. The molecule has 10 nitrogen and oxygen atoms in total. The van der Waals surface area contributed by atoms with E-state index in [1.165, 1.54) is 5.56 Å². The number of ether oxygens (including phenoxy) is 3. The number of H-pyrrole nitrogens is 1. The molecule has 2 aliphatic heterocycles. The van der Waals surface area contributed by atoms with Crippen molar-refractivity contribution in [2.24, 2.45) is 7.05 Å². The average Bonchev–Trinajstić information content (AvgIpc) is 3.67. The first kappa shape index (κ1) is 22.2. The highest BCUT2D eigenvalue weighted by atomic mass is 35.5. The lowest BCUT2D eigenvalue weighted by Crippen LogP contribution is -2.34. The van der Waals surface area contributed by atoms with Gasteiger partial charge in [0.15, 0.2) is 11.8 Å². The summed E-state index contributed by atoms with van der Waals surface area (Å²) in [5.74, 6) is 0.249. The van der Waals surface area contributed by atoms with Gasteiger partial charge in [0, 0.05) is 42.2 Å². The molecule has 2 saturated heterocycles. The Bertz CT molecular complexity index is 1450. The van der Waals surface area contributed by atoms with Gasteiger partial charge in [0.05, 0.1) is 35.6 Å². The fourth-order valence-corrected chi connectivity index (χ4v) is 5.76. The molecule has 1 unspecified atom stereocenters. The van der Waals surface area contributed by atoms with E-state index in [-0.39, 0.29) is 30.8 Å². The van der Waals surface area contributed by atoms with Gasteiger partial charge in [-0.2, -0.15) is 10.1 Å². The molecule has 4 aromatic heterocycles. The van der Waals surface area contributed by atoms with Crippen LogP contribution in [0.3, 0.4) is 0 Å². The predicted molar refractivity (Wildman–Crippen MR) is 130 cm³/mol. The van der Waals surface area contributed by atoms with E-state index in [4.69, 9.17) is 35.8 Å². The van der Waals surface area contributed by atoms with Crippen molar-refractivity contribution in [2.75, 3.05) is 13.2 Å². The van der Waals surface area contributed by atoms with Gasteiger partial charge in [0.1, 0.15) is 18.3 Å². The average molecular weight is 509 g/mol. The smallest absolute Gasteiger partial charge is 0.296 e. The largest absolute Gasteiger partial charge is 0.456 e. The molecule has 6 heterocycles. The molecule has 3 aliphatic rings. The molecule has 5 atom stereocenters. The number of hydrogen-bond acceptors (Lipinski definition) is 8. The van der Waals surface area contributed by atoms with Crippen LogP contribution in [0.2, 0.25) is 5.02 Å². The van der Waals surface area contributed by atoms with E-state index >= 15 is 0 Å². The van der Waals surface area contributed by atoms with Crippen molar-refractivity contribution < 1.29 is 19.3 Å². The predicted octanol–water partition coefficient (Wildman–Crippen LogP) is 2.59. The summed E-state index contributed by atoms with van der Waals surface area (Å²) < 4.78 is 19.1. The molecule has 0 spiro atoms. The van der Waals surface area contributed by atoms with Gasteiger partial charge in [-0.3, -0.25) is 9.67 Å². The van der Waals surface area contributed by atoms with Crippen LogP contribution in [-0.2, 0) is 29.4 Å². The van der Waals surface area contributed by atoms with Gasteiger partial charge >= 0.3 is 0 Å². The maximum atomic E-state index is 9.94. The topological polar surface area (TPSA) is 120 Å². The highest BCUT2D eigenvalue weighted by Gasteiger charge is 2.48. The minimum absolute atomic E-state index is 0.249. The van der Waals surface area contributed by atoms with Crippen molar-refractivity contribution in [2.45, 2.75) is 49.6 Å². The Morgan fingerprint density at radius 2 is 2.06 bits per heavy atom. The molecule has 0 radical (unpaired) electrons. The highest BCUT2D eigenvalue weighted by Crippen LogP contribution is 2.37. The fourth-order valence-electron chi connectivity index (χ4n) is 5.54. The Balaban J connectivity index is 1.10. The number of nitrogens with one attached hydrogen (secondary N) is 1. The Kier molecular flexibility index (Phi) is 5.24. The quantitative estimate of drug-likeness (QED) is 0.422. The number of aliphatic hydroxyl groups is 1. The molecule has 0 saturated carbocycles. The summed E-state index contributed by atoms with van der Waals surface area (Å²) in [5, 5.41) is 14.8. The highest BCUT2D eigenvalue weighted by molar-refractivity contribution is 6.31. The van der Waals surface area contributed by atoms with Crippen molar-refractivity contribution >= 4 is 22.8 Å². The van der Waals surface area contributed by atoms with Gasteiger partial charge in [-0.05, 0) is 37.0 Å². The van der Waals surface area contributed by atoms with E-state index in [1.807, 2.05) is 31.7 Å². The van der Waals surface area contributed by atoms with Gasteiger partial charge in [-0.1, -0.05) is 11.6 Å². The number of fused-ring (bicyclic) bond motifs is 3. The third-order valence-corrected chi connectivity index (χ3v) is 7.68. The lowest BCUT2D eigenvalue weighted by Gasteiger charge is -2.15. The van der Waals surface area contributed by atoms with Gasteiger partial charge in [-0.15, -0.1) is 0 Å². The molecule has 0 amide bonds. The normalized spacial score (nSPS) is 27.0. The Morgan fingerprint density at radius 1 is 1.17 bits per heavy atom. The first-order chi connectivity index (χ1) is 17.5. The van der Waals surface area contributed by atoms with Crippen LogP contribution in [0.15, 0.2) is 30.7 Å². The van der Waals surface area contributed by atoms with Crippen molar-refractivity contribution in [3.8, 4) is 17.1 Å².